The number of hydrogen-bond donors (Lipinski definition) is 0. The molecule has 9 saturated carbocycles. The molecule has 12 aliphatic rings. The maximum atomic E-state index is 7.34. The monoisotopic (exact) mass is 802 g/mol. The molecule has 3 heterocycles. The van der Waals surface area contributed by atoms with E-state index in [0.29, 0.717) is 12.2 Å². The van der Waals surface area contributed by atoms with E-state index in [1.54, 1.807) is 109 Å². The van der Waals surface area contributed by atoms with Gasteiger partial charge in [-0.05, 0) is 206 Å². The quantitative estimate of drug-likeness (QED) is 0.274. The molecule has 314 valence electrons. The van der Waals surface area contributed by atoms with Gasteiger partial charge in [-0.2, -0.15) is 23.5 Å². The number of thioether (sulfide) groups is 2. The van der Waals surface area contributed by atoms with Gasteiger partial charge in [0.2, 0.25) is 0 Å². The molecule has 12 fully saturated rings. The van der Waals surface area contributed by atoms with Gasteiger partial charge < -0.3 is 4.74 Å². The molecule has 0 radical (unpaired) electrons. The second kappa shape index (κ2) is 16.4. The summed E-state index contributed by atoms with van der Waals surface area (Å²) < 4.78 is 7.34. The number of fused-ring (bicyclic) bond motifs is 11. The summed E-state index contributed by atoms with van der Waals surface area (Å²) in [6, 6.07) is 2.42. The third kappa shape index (κ3) is 6.83. The normalized spacial score (nSPS) is 55.6. The first-order valence-electron chi connectivity index (χ1n) is 26.5. The molecule has 3 aliphatic heterocycles. The minimum Gasteiger partial charge on any atom is -0.373 e. The first kappa shape index (κ1) is 38.3. The highest BCUT2D eigenvalue weighted by molar-refractivity contribution is 8.02. The molecular formula is C52H83NOS2. The van der Waals surface area contributed by atoms with Crippen molar-refractivity contribution in [3.8, 4) is 0 Å². The Kier molecular flexibility index (Phi) is 11.2. The highest BCUT2D eigenvalue weighted by Crippen LogP contribution is 2.66. The number of nitrogens with zero attached hydrogens (tertiary/aromatic N) is 1. The van der Waals surface area contributed by atoms with Gasteiger partial charge in [-0.15, -0.1) is 0 Å². The predicted octanol–water partition coefficient (Wildman–Crippen LogP) is 13.7. The SMILES string of the molecule is C1CCC2CC(C3CCC(N(C4CCC(C5CCCC6C7CCC8SC9CCCCC9C8C7SC56)CC4)C4CCCC5C6CCCCC6OC54)CC3)CCC2C1. The molecule has 12 rings (SSSR count). The van der Waals surface area contributed by atoms with E-state index in [2.05, 4.69) is 28.4 Å². The van der Waals surface area contributed by atoms with E-state index in [4.69, 9.17) is 4.74 Å². The summed E-state index contributed by atoms with van der Waals surface area (Å²) in [4.78, 5) is 3.35. The third-order valence-electron chi connectivity index (χ3n) is 21.4. The fourth-order valence-electron chi connectivity index (χ4n) is 19.1. The van der Waals surface area contributed by atoms with Crippen molar-refractivity contribution in [2.24, 2.45) is 71.0 Å². The molecule has 17 atom stereocenters. The molecule has 0 aromatic heterocycles. The summed E-state index contributed by atoms with van der Waals surface area (Å²) in [5.74, 6) is 12.5. The number of ether oxygens (including phenoxy) is 1. The fourth-order valence-corrected chi connectivity index (χ4v) is 23.9. The van der Waals surface area contributed by atoms with Crippen LogP contribution in [0.3, 0.4) is 0 Å². The van der Waals surface area contributed by atoms with Crippen LogP contribution in [0.15, 0.2) is 0 Å². The summed E-state index contributed by atoms with van der Waals surface area (Å²) in [5, 5.41) is 4.14. The summed E-state index contributed by atoms with van der Waals surface area (Å²) in [6.07, 6.45) is 48.7. The van der Waals surface area contributed by atoms with Gasteiger partial charge in [0.15, 0.2) is 0 Å². The van der Waals surface area contributed by atoms with E-state index in [9.17, 15) is 0 Å². The molecule has 4 heteroatoms. The van der Waals surface area contributed by atoms with Crippen molar-refractivity contribution in [1.29, 1.82) is 0 Å². The summed E-state index contributed by atoms with van der Waals surface area (Å²) in [6.45, 7) is 0. The fraction of sp³-hybridized carbons (Fsp3) is 1.00. The zero-order valence-electron chi connectivity index (χ0n) is 35.7. The van der Waals surface area contributed by atoms with Crippen LogP contribution in [0.5, 0.6) is 0 Å². The van der Waals surface area contributed by atoms with Gasteiger partial charge >= 0.3 is 0 Å². The lowest BCUT2D eigenvalue weighted by atomic mass is 9.62. The van der Waals surface area contributed by atoms with Gasteiger partial charge in [-0.3, -0.25) is 4.90 Å². The standard InChI is InChI=1S/C52H83NOS2/c1-2-10-35-31-36(20-19-32(35)9-1)33-21-25-37(26-22-33)53(45-16-8-14-41-40-11-3-5-17-46(40)54-50(41)45)38-27-23-34(24-28-38)39-13-7-15-42-43-29-30-48-49(52(43)56-51(39)42)44-12-4-6-18-47(44)55-48/h32-52H,1-31H2. The Hall–Kier alpha value is 0.620. The van der Waals surface area contributed by atoms with Gasteiger partial charge in [-0.1, -0.05) is 64.2 Å². The Balaban J connectivity index is 0.744. The second-order valence-electron chi connectivity index (χ2n) is 23.5. The smallest absolute Gasteiger partial charge is 0.0766 e. The van der Waals surface area contributed by atoms with Crippen LogP contribution in [0.1, 0.15) is 199 Å². The minimum atomic E-state index is 0.563. The first-order valence-corrected chi connectivity index (χ1v) is 28.4. The van der Waals surface area contributed by atoms with Crippen LogP contribution in [0.4, 0.5) is 0 Å². The van der Waals surface area contributed by atoms with Crippen LogP contribution < -0.4 is 0 Å². The van der Waals surface area contributed by atoms with Crippen LogP contribution in [-0.2, 0) is 4.74 Å². The summed E-state index contributed by atoms with van der Waals surface area (Å²) >= 11 is 5.17. The Morgan fingerprint density at radius 1 is 0.357 bits per heavy atom. The summed E-state index contributed by atoms with van der Waals surface area (Å²) in [7, 11) is 0. The minimum absolute atomic E-state index is 0.563. The molecule has 17 unspecified atom stereocenters. The predicted molar refractivity (Wildman–Crippen MR) is 237 cm³/mol. The van der Waals surface area contributed by atoms with E-state index in [1.165, 1.54) is 89.9 Å². The Bertz CT molecular complexity index is 1340. The van der Waals surface area contributed by atoms with E-state index in [1.807, 2.05) is 0 Å². The van der Waals surface area contributed by atoms with E-state index >= 15 is 0 Å². The molecule has 0 aromatic rings. The average molecular weight is 802 g/mol. The molecule has 56 heavy (non-hydrogen) atoms. The lowest BCUT2D eigenvalue weighted by molar-refractivity contribution is -0.0859. The molecule has 0 aromatic carbocycles. The molecule has 9 aliphatic carbocycles. The van der Waals surface area contributed by atoms with Crippen molar-refractivity contribution in [2.45, 2.75) is 250 Å². The Morgan fingerprint density at radius 2 is 0.946 bits per heavy atom. The molecule has 0 spiro atoms. The molecule has 2 nitrogen and oxygen atoms in total. The molecule has 0 bridgehead atoms. The van der Waals surface area contributed by atoms with Crippen LogP contribution >= 0.6 is 23.5 Å². The van der Waals surface area contributed by atoms with Gasteiger partial charge in [0, 0.05) is 39.1 Å². The summed E-state index contributed by atoms with van der Waals surface area (Å²) in [5.41, 5.74) is 0. The number of hydrogen-bond acceptors (Lipinski definition) is 4. The number of rotatable bonds is 5. The van der Waals surface area contributed by atoms with Gasteiger partial charge in [0.1, 0.15) is 0 Å². The second-order valence-corrected chi connectivity index (χ2v) is 26.4. The van der Waals surface area contributed by atoms with Gasteiger partial charge in [0.25, 0.3) is 0 Å². The Labute approximate surface area is 352 Å². The zero-order chi connectivity index (χ0) is 36.7. The van der Waals surface area contributed by atoms with E-state index in [0.717, 1.165) is 110 Å². The lowest BCUT2D eigenvalue weighted by Crippen LogP contribution is -2.58. The maximum absolute atomic E-state index is 7.34. The van der Waals surface area contributed by atoms with Crippen LogP contribution in [0.25, 0.3) is 0 Å². The van der Waals surface area contributed by atoms with Crippen LogP contribution in [0, 0.1) is 71.0 Å². The van der Waals surface area contributed by atoms with Crippen molar-refractivity contribution < 1.29 is 4.74 Å². The highest BCUT2D eigenvalue weighted by Gasteiger charge is 2.60. The van der Waals surface area contributed by atoms with Crippen LogP contribution in [-0.4, -0.2) is 56.2 Å². The van der Waals surface area contributed by atoms with Crippen molar-refractivity contribution in [2.75, 3.05) is 0 Å². The molecular weight excluding hydrogens is 719 g/mol. The third-order valence-corrected chi connectivity index (χ3v) is 25.3. The zero-order valence-corrected chi connectivity index (χ0v) is 37.3. The molecule has 3 saturated heterocycles. The molecule has 0 N–H and O–H groups in total. The van der Waals surface area contributed by atoms with E-state index in [-0.39, 0.29) is 0 Å². The van der Waals surface area contributed by atoms with Crippen LogP contribution in [0.2, 0.25) is 0 Å². The van der Waals surface area contributed by atoms with E-state index < -0.39 is 0 Å². The Morgan fingerprint density at radius 3 is 1.80 bits per heavy atom. The largest absolute Gasteiger partial charge is 0.373 e. The maximum Gasteiger partial charge on any atom is 0.0766 e. The van der Waals surface area contributed by atoms with Gasteiger partial charge in [-0.25, -0.2) is 0 Å². The van der Waals surface area contributed by atoms with Crippen molar-refractivity contribution in [3.05, 3.63) is 0 Å². The van der Waals surface area contributed by atoms with Crippen molar-refractivity contribution >= 4 is 23.5 Å². The molecule has 0 amide bonds. The van der Waals surface area contributed by atoms with Gasteiger partial charge in [0.05, 0.1) is 12.2 Å². The lowest BCUT2D eigenvalue weighted by Gasteiger charge is -2.53. The highest BCUT2D eigenvalue weighted by atomic mass is 32.2. The van der Waals surface area contributed by atoms with Crippen molar-refractivity contribution in [1.82, 2.24) is 4.90 Å². The average Bonchev–Trinajstić information content (AvgIpc) is 3.96. The topological polar surface area (TPSA) is 12.5 Å². The first-order chi connectivity index (χ1) is 27.7. The van der Waals surface area contributed by atoms with Crippen molar-refractivity contribution in [3.63, 3.8) is 0 Å².